The van der Waals surface area contributed by atoms with Gasteiger partial charge >= 0.3 is 6.18 Å². The van der Waals surface area contributed by atoms with Gasteiger partial charge in [0, 0.05) is 30.9 Å². The molecule has 0 spiro atoms. The summed E-state index contributed by atoms with van der Waals surface area (Å²) in [6.45, 7) is 1.10. The molecule has 2 heterocycles. The van der Waals surface area contributed by atoms with Gasteiger partial charge in [-0.15, -0.1) is 0 Å². The van der Waals surface area contributed by atoms with Gasteiger partial charge in [-0.05, 0) is 35.7 Å². The van der Waals surface area contributed by atoms with Gasteiger partial charge in [-0.1, -0.05) is 36.4 Å². The standard InChI is InChI=1S/C24H22F3N3O2/c25-24(26,27)18-7-9-22(29-14-18)32-19-10-11-30(15-19)21-8-6-17(13-20(21)23(28)31)12-16-4-2-1-3-5-16/h1-9,13-14,19H,10-12,15H2,(H2,28,31)/t19-/m0/s1. The number of hydrogen-bond donors (Lipinski definition) is 1. The molecule has 2 aromatic carbocycles. The van der Waals surface area contributed by atoms with Gasteiger partial charge < -0.3 is 15.4 Å². The molecule has 32 heavy (non-hydrogen) atoms. The van der Waals surface area contributed by atoms with E-state index < -0.39 is 17.6 Å². The first kappa shape index (κ1) is 21.7. The van der Waals surface area contributed by atoms with E-state index in [1.165, 1.54) is 6.07 Å². The van der Waals surface area contributed by atoms with Crippen LogP contribution < -0.4 is 15.4 Å². The van der Waals surface area contributed by atoms with E-state index in [-0.39, 0.29) is 12.0 Å². The number of alkyl halides is 3. The van der Waals surface area contributed by atoms with Crippen molar-refractivity contribution in [3.05, 3.63) is 89.1 Å². The van der Waals surface area contributed by atoms with Crippen molar-refractivity contribution < 1.29 is 22.7 Å². The lowest BCUT2D eigenvalue weighted by Crippen LogP contribution is -2.27. The Morgan fingerprint density at radius 3 is 2.53 bits per heavy atom. The second-order valence-corrected chi connectivity index (χ2v) is 7.74. The topological polar surface area (TPSA) is 68.5 Å². The maximum Gasteiger partial charge on any atom is 0.417 e. The molecule has 8 heteroatoms. The first-order chi connectivity index (χ1) is 15.3. The summed E-state index contributed by atoms with van der Waals surface area (Å²) in [5, 5.41) is 0. The Labute approximate surface area is 183 Å². The van der Waals surface area contributed by atoms with Crippen LogP contribution in [0.3, 0.4) is 0 Å². The number of nitrogens with two attached hydrogens (primary N) is 1. The van der Waals surface area contributed by atoms with Gasteiger partial charge in [0.05, 0.1) is 17.7 Å². The van der Waals surface area contributed by atoms with E-state index >= 15 is 0 Å². The van der Waals surface area contributed by atoms with Gasteiger partial charge in [-0.3, -0.25) is 4.79 Å². The summed E-state index contributed by atoms with van der Waals surface area (Å²) in [5.74, 6) is -0.373. The van der Waals surface area contributed by atoms with Gasteiger partial charge in [-0.25, -0.2) is 4.98 Å². The summed E-state index contributed by atoms with van der Waals surface area (Å²) in [6, 6.07) is 17.8. The number of ether oxygens (including phenoxy) is 1. The number of halogens is 3. The Morgan fingerprint density at radius 1 is 1.09 bits per heavy atom. The second kappa shape index (κ2) is 8.90. The van der Waals surface area contributed by atoms with E-state index in [0.717, 1.165) is 29.1 Å². The lowest BCUT2D eigenvalue weighted by atomic mass is 10.0. The van der Waals surface area contributed by atoms with Crippen LogP contribution in [0.15, 0.2) is 66.9 Å². The number of carbonyl (C=O) groups excluding carboxylic acids is 1. The molecule has 0 radical (unpaired) electrons. The molecule has 0 saturated carbocycles. The van der Waals surface area contributed by atoms with E-state index in [0.29, 0.717) is 31.5 Å². The van der Waals surface area contributed by atoms with Crippen molar-refractivity contribution >= 4 is 11.6 Å². The van der Waals surface area contributed by atoms with Crippen LogP contribution in [0.1, 0.15) is 33.5 Å². The Morgan fingerprint density at radius 2 is 1.88 bits per heavy atom. The molecule has 166 valence electrons. The normalized spacial score (nSPS) is 16.2. The van der Waals surface area contributed by atoms with Crippen LogP contribution in [0, 0.1) is 0 Å². The maximum absolute atomic E-state index is 12.7. The zero-order valence-corrected chi connectivity index (χ0v) is 17.2. The molecule has 1 atom stereocenters. The number of carbonyl (C=O) groups is 1. The summed E-state index contributed by atoms with van der Waals surface area (Å²) in [6.07, 6.45) is -2.60. The average Bonchev–Trinajstić information content (AvgIpc) is 3.22. The summed E-state index contributed by atoms with van der Waals surface area (Å²) in [5.41, 5.74) is 8.11. The van der Waals surface area contributed by atoms with Crippen LogP contribution in [0.5, 0.6) is 5.88 Å². The van der Waals surface area contributed by atoms with Crippen molar-refractivity contribution in [1.29, 1.82) is 0 Å². The zero-order chi connectivity index (χ0) is 22.7. The Bertz CT molecular complexity index is 1090. The molecule has 5 nitrogen and oxygen atoms in total. The lowest BCUT2D eigenvalue weighted by Gasteiger charge is -2.22. The molecule has 0 aliphatic carbocycles. The summed E-state index contributed by atoms with van der Waals surface area (Å²) in [4.78, 5) is 17.9. The predicted octanol–water partition coefficient (Wildman–Crippen LogP) is 4.45. The molecule has 0 unspecified atom stereocenters. The number of benzene rings is 2. The maximum atomic E-state index is 12.7. The fraction of sp³-hybridized carbons (Fsp3) is 0.250. The number of hydrogen-bond acceptors (Lipinski definition) is 4. The fourth-order valence-electron chi connectivity index (χ4n) is 3.83. The highest BCUT2D eigenvalue weighted by Crippen LogP contribution is 2.31. The number of amides is 1. The third kappa shape index (κ3) is 5.01. The number of nitrogens with zero attached hydrogens (tertiary/aromatic N) is 2. The van der Waals surface area contributed by atoms with Crippen LogP contribution in [0.2, 0.25) is 0 Å². The lowest BCUT2D eigenvalue weighted by molar-refractivity contribution is -0.137. The highest BCUT2D eigenvalue weighted by molar-refractivity contribution is 5.99. The molecular formula is C24H22F3N3O2. The van der Waals surface area contributed by atoms with Gasteiger partial charge in [0.1, 0.15) is 6.10 Å². The van der Waals surface area contributed by atoms with Crippen molar-refractivity contribution in [3.8, 4) is 5.88 Å². The minimum absolute atomic E-state index is 0.137. The predicted molar refractivity (Wildman–Crippen MR) is 115 cm³/mol. The second-order valence-electron chi connectivity index (χ2n) is 7.74. The van der Waals surface area contributed by atoms with Crippen molar-refractivity contribution in [3.63, 3.8) is 0 Å². The number of rotatable bonds is 6. The van der Waals surface area contributed by atoms with Gasteiger partial charge in [0.25, 0.3) is 5.91 Å². The van der Waals surface area contributed by atoms with Crippen LogP contribution >= 0.6 is 0 Å². The molecule has 1 fully saturated rings. The number of pyridine rings is 1. The highest BCUT2D eigenvalue weighted by atomic mass is 19.4. The molecule has 1 amide bonds. The van der Waals surface area contributed by atoms with Crippen molar-refractivity contribution in [2.24, 2.45) is 5.73 Å². The molecule has 2 N–H and O–H groups in total. The highest BCUT2D eigenvalue weighted by Gasteiger charge is 2.31. The van der Waals surface area contributed by atoms with Crippen LogP contribution in [0.25, 0.3) is 0 Å². The van der Waals surface area contributed by atoms with Crippen molar-refractivity contribution in [1.82, 2.24) is 4.98 Å². The number of primary amides is 1. The van der Waals surface area contributed by atoms with E-state index in [1.54, 1.807) is 0 Å². The van der Waals surface area contributed by atoms with Crippen LogP contribution in [0.4, 0.5) is 18.9 Å². The minimum atomic E-state index is -4.44. The average molecular weight is 441 g/mol. The first-order valence-corrected chi connectivity index (χ1v) is 10.2. The third-order valence-electron chi connectivity index (χ3n) is 5.41. The number of aromatic nitrogens is 1. The molecular weight excluding hydrogens is 419 g/mol. The van der Waals surface area contributed by atoms with Crippen molar-refractivity contribution in [2.45, 2.75) is 25.1 Å². The molecule has 1 aliphatic heterocycles. The Hall–Kier alpha value is -3.55. The van der Waals surface area contributed by atoms with E-state index in [2.05, 4.69) is 4.98 Å². The van der Waals surface area contributed by atoms with Crippen molar-refractivity contribution in [2.75, 3.05) is 18.0 Å². The quantitative estimate of drug-likeness (QED) is 0.614. The monoisotopic (exact) mass is 441 g/mol. The molecule has 1 saturated heterocycles. The van der Waals surface area contributed by atoms with Gasteiger partial charge in [0.2, 0.25) is 5.88 Å². The Kier molecular flexibility index (Phi) is 6.03. The van der Waals surface area contributed by atoms with E-state index in [1.807, 2.05) is 53.4 Å². The first-order valence-electron chi connectivity index (χ1n) is 10.2. The van der Waals surface area contributed by atoms with Crippen LogP contribution in [-0.2, 0) is 12.6 Å². The summed E-state index contributed by atoms with van der Waals surface area (Å²) < 4.78 is 43.8. The summed E-state index contributed by atoms with van der Waals surface area (Å²) in [7, 11) is 0. The smallest absolute Gasteiger partial charge is 0.417 e. The van der Waals surface area contributed by atoms with E-state index in [4.69, 9.17) is 10.5 Å². The van der Waals surface area contributed by atoms with Gasteiger partial charge in [-0.2, -0.15) is 13.2 Å². The molecule has 4 rings (SSSR count). The van der Waals surface area contributed by atoms with Gasteiger partial charge in [0.15, 0.2) is 0 Å². The Balaban J connectivity index is 1.45. The fourth-order valence-corrected chi connectivity index (χ4v) is 3.83. The molecule has 1 aliphatic rings. The zero-order valence-electron chi connectivity index (χ0n) is 17.2. The largest absolute Gasteiger partial charge is 0.472 e. The minimum Gasteiger partial charge on any atom is -0.472 e. The van der Waals surface area contributed by atoms with E-state index in [9.17, 15) is 18.0 Å². The van der Waals surface area contributed by atoms with Crippen LogP contribution in [-0.4, -0.2) is 30.1 Å². The third-order valence-corrected chi connectivity index (χ3v) is 5.41. The molecule has 1 aromatic heterocycles. The summed E-state index contributed by atoms with van der Waals surface area (Å²) >= 11 is 0. The molecule has 0 bridgehead atoms. The number of anilines is 1. The molecule has 3 aromatic rings. The SMILES string of the molecule is NC(=O)c1cc(Cc2ccccc2)ccc1N1CC[C@H](Oc2ccc(C(F)(F)F)cn2)C1.